The smallest absolute Gasteiger partial charge is 0.243 e. The first-order chi connectivity index (χ1) is 11.4. The summed E-state index contributed by atoms with van der Waals surface area (Å²) in [5.41, 5.74) is 2.24. The monoisotopic (exact) mass is 332 g/mol. The second-order valence-electron chi connectivity index (χ2n) is 6.44. The van der Waals surface area contributed by atoms with Crippen molar-refractivity contribution < 1.29 is 9.59 Å². The number of rotatable bonds is 9. The van der Waals surface area contributed by atoms with Crippen LogP contribution in [0, 0.1) is 6.92 Å². The summed E-state index contributed by atoms with van der Waals surface area (Å²) in [6.45, 7) is 10.5. The molecule has 0 unspecified atom stereocenters. The Hall–Kier alpha value is -1.84. The molecule has 2 atom stereocenters. The van der Waals surface area contributed by atoms with Gasteiger partial charge in [0.2, 0.25) is 11.8 Å². The van der Waals surface area contributed by atoms with Gasteiger partial charge in [0.1, 0.15) is 6.04 Å². The van der Waals surface area contributed by atoms with Crippen LogP contribution in [0.4, 0.5) is 0 Å². The summed E-state index contributed by atoms with van der Waals surface area (Å²) in [5, 5.41) is 3.03. The molecule has 4 nitrogen and oxygen atoms in total. The lowest BCUT2D eigenvalue weighted by Crippen LogP contribution is -2.50. The van der Waals surface area contributed by atoms with E-state index in [1.54, 1.807) is 4.90 Å². The molecule has 0 bridgehead atoms. The lowest BCUT2D eigenvalue weighted by Gasteiger charge is -2.32. The van der Waals surface area contributed by atoms with Crippen molar-refractivity contribution in [1.82, 2.24) is 10.2 Å². The summed E-state index contributed by atoms with van der Waals surface area (Å²) in [7, 11) is 0. The Labute approximate surface area is 146 Å². The minimum absolute atomic E-state index is 0.0481. The Morgan fingerprint density at radius 2 is 1.79 bits per heavy atom. The van der Waals surface area contributed by atoms with E-state index in [0.717, 1.165) is 24.0 Å². The number of nitrogens with one attached hydrogen (secondary N) is 1. The van der Waals surface area contributed by atoms with Crippen LogP contribution in [0.25, 0.3) is 0 Å². The third kappa shape index (κ3) is 5.66. The van der Waals surface area contributed by atoms with Gasteiger partial charge in [-0.3, -0.25) is 9.59 Å². The zero-order valence-corrected chi connectivity index (χ0v) is 15.8. The highest BCUT2D eigenvalue weighted by molar-refractivity contribution is 5.87. The molecule has 0 spiro atoms. The zero-order chi connectivity index (χ0) is 18.1. The molecule has 1 N–H and O–H groups in total. The molecule has 24 heavy (non-hydrogen) atoms. The third-order valence-electron chi connectivity index (χ3n) is 4.45. The maximum Gasteiger partial charge on any atom is 0.243 e. The van der Waals surface area contributed by atoms with Gasteiger partial charge >= 0.3 is 0 Å². The van der Waals surface area contributed by atoms with Crippen LogP contribution in [0.1, 0.15) is 64.5 Å². The molecule has 0 aliphatic carbocycles. The van der Waals surface area contributed by atoms with E-state index >= 15 is 0 Å². The van der Waals surface area contributed by atoms with Crippen LogP contribution in [-0.4, -0.2) is 28.8 Å². The van der Waals surface area contributed by atoms with Crippen molar-refractivity contribution in [3.8, 4) is 0 Å². The fraction of sp³-hybridized carbons (Fsp3) is 0.600. The first kappa shape index (κ1) is 20.2. The van der Waals surface area contributed by atoms with E-state index in [4.69, 9.17) is 0 Å². The van der Waals surface area contributed by atoms with Crippen LogP contribution in [0.3, 0.4) is 0 Å². The number of nitrogens with zero attached hydrogens (tertiary/aromatic N) is 1. The fourth-order valence-corrected chi connectivity index (χ4v) is 2.69. The van der Waals surface area contributed by atoms with Gasteiger partial charge < -0.3 is 10.2 Å². The molecule has 0 radical (unpaired) electrons. The maximum absolute atomic E-state index is 12.7. The molecule has 0 saturated carbocycles. The van der Waals surface area contributed by atoms with E-state index in [9.17, 15) is 9.59 Å². The van der Waals surface area contributed by atoms with Gasteiger partial charge in [-0.2, -0.15) is 0 Å². The molecule has 134 valence electrons. The number of benzene rings is 1. The van der Waals surface area contributed by atoms with Crippen molar-refractivity contribution >= 4 is 11.8 Å². The van der Waals surface area contributed by atoms with Crippen LogP contribution >= 0.6 is 0 Å². The normalized spacial score (nSPS) is 13.2. The number of amides is 2. The molecule has 0 aliphatic heterocycles. The molecular weight excluding hydrogens is 300 g/mol. The third-order valence-corrected chi connectivity index (χ3v) is 4.45. The lowest BCUT2D eigenvalue weighted by molar-refractivity contribution is -0.141. The second kappa shape index (κ2) is 10.1. The van der Waals surface area contributed by atoms with E-state index in [2.05, 4.69) is 5.32 Å². The highest BCUT2D eigenvalue weighted by atomic mass is 16.2. The summed E-state index contributed by atoms with van der Waals surface area (Å²) < 4.78 is 0. The van der Waals surface area contributed by atoms with Crippen LogP contribution in [0.5, 0.6) is 0 Å². The van der Waals surface area contributed by atoms with Gasteiger partial charge in [0, 0.05) is 19.0 Å². The van der Waals surface area contributed by atoms with Gasteiger partial charge in [0.25, 0.3) is 0 Å². The molecule has 0 aliphatic rings. The minimum Gasteiger partial charge on any atom is -0.352 e. The summed E-state index contributed by atoms with van der Waals surface area (Å²) in [6, 6.07) is 7.74. The molecule has 4 heteroatoms. The number of carbonyl (C=O) groups excluding carboxylic acids is 2. The molecule has 1 aromatic rings. The molecule has 0 aromatic heterocycles. The summed E-state index contributed by atoms with van der Waals surface area (Å²) in [6.07, 6.45) is 2.75. The van der Waals surface area contributed by atoms with Gasteiger partial charge in [-0.1, -0.05) is 45.0 Å². The van der Waals surface area contributed by atoms with Crippen molar-refractivity contribution in [1.29, 1.82) is 0 Å². The second-order valence-corrected chi connectivity index (χ2v) is 6.44. The Bertz CT molecular complexity index is 542. The van der Waals surface area contributed by atoms with Crippen molar-refractivity contribution in [2.75, 3.05) is 0 Å². The average Bonchev–Trinajstić information content (AvgIpc) is 2.56. The Kier molecular flexibility index (Phi) is 8.51. The van der Waals surface area contributed by atoms with Crippen LogP contribution in [0.2, 0.25) is 0 Å². The van der Waals surface area contributed by atoms with Crippen molar-refractivity contribution in [3.63, 3.8) is 0 Å². The Morgan fingerprint density at radius 3 is 2.33 bits per heavy atom. The minimum atomic E-state index is -0.419. The van der Waals surface area contributed by atoms with Gasteiger partial charge in [0.15, 0.2) is 0 Å². The first-order valence-corrected chi connectivity index (χ1v) is 9.08. The molecular formula is C20H32N2O2. The quantitative estimate of drug-likeness (QED) is 0.747. The Balaban J connectivity index is 3.04. The average molecular weight is 332 g/mol. The predicted octanol–water partition coefficient (Wildman–Crippen LogP) is 3.82. The molecule has 1 aromatic carbocycles. The summed E-state index contributed by atoms with van der Waals surface area (Å²) >= 11 is 0. The van der Waals surface area contributed by atoms with E-state index in [-0.39, 0.29) is 17.9 Å². The van der Waals surface area contributed by atoms with Gasteiger partial charge in [0.05, 0.1) is 0 Å². The summed E-state index contributed by atoms with van der Waals surface area (Å²) in [4.78, 5) is 27.1. The van der Waals surface area contributed by atoms with Gasteiger partial charge in [-0.05, 0) is 44.2 Å². The number of hydrogen-bond acceptors (Lipinski definition) is 2. The maximum atomic E-state index is 12.7. The Morgan fingerprint density at radius 1 is 1.12 bits per heavy atom. The SMILES string of the molecule is CCCC(=O)N(Cc1ccccc1C)[C@@H](CC)C(=O)N[C@H](C)CC. The molecule has 0 fully saturated rings. The van der Waals surface area contributed by atoms with Crippen LogP contribution in [0.15, 0.2) is 24.3 Å². The van der Waals surface area contributed by atoms with Crippen molar-refractivity contribution in [2.24, 2.45) is 0 Å². The zero-order valence-electron chi connectivity index (χ0n) is 15.8. The van der Waals surface area contributed by atoms with Crippen molar-refractivity contribution in [2.45, 2.75) is 78.9 Å². The molecule has 0 heterocycles. The van der Waals surface area contributed by atoms with E-state index < -0.39 is 6.04 Å². The van der Waals surface area contributed by atoms with E-state index in [1.807, 2.05) is 58.9 Å². The highest BCUT2D eigenvalue weighted by Crippen LogP contribution is 2.17. The number of carbonyl (C=O) groups is 2. The van der Waals surface area contributed by atoms with Gasteiger partial charge in [-0.25, -0.2) is 0 Å². The number of hydrogen-bond donors (Lipinski definition) is 1. The van der Waals surface area contributed by atoms with Crippen LogP contribution < -0.4 is 5.32 Å². The highest BCUT2D eigenvalue weighted by Gasteiger charge is 2.28. The molecule has 0 saturated heterocycles. The topological polar surface area (TPSA) is 49.4 Å². The standard InChI is InChI=1S/C20H32N2O2/c1-6-11-19(23)22(14-17-13-10-9-12-15(17)4)18(8-3)20(24)21-16(5)7-2/h9-10,12-13,16,18H,6-8,11,14H2,1-5H3,(H,21,24)/t16-,18+/m1/s1. The first-order valence-electron chi connectivity index (χ1n) is 9.08. The number of aryl methyl sites for hydroxylation is 1. The van der Waals surface area contributed by atoms with Crippen molar-refractivity contribution in [3.05, 3.63) is 35.4 Å². The largest absolute Gasteiger partial charge is 0.352 e. The lowest BCUT2D eigenvalue weighted by atomic mass is 10.0. The summed E-state index contributed by atoms with van der Waals surface area (Å²) in [5.74, 6) is -0.00297. The van der Waals surface area contributed by atoms with Crippen LogP contribution in [-0.2, 0) is 16.1 Å². The van der Waals surface area contributed by atoms with E-state index in [1.165, 1.54) is 0 Å². The van der Waals surface area contributed by atoms with Gasteiger partial charge in [-0.15, -0.1) is 0 Å². The molecule has 2 amide bonds. The molecule has 1 rings (SSSR count). The predicted molar refractivity (Wildman–Crippen MR) is 98.6 cm³/mol. The fourth-order valence-electron chi connectivity index (χ4n) is 2.69. The van der Waals surface area contributed by atoms with E-state index in [0.29, 0.717) is 19.4 Å².